The molecule has 0 aliphatic rings. The number of nitrogens with zero attached hydrogens (tertiary/aromatic N) is 1. The summed E-state index contributed by atoms with van der Waals surface area (Å²) in [7, 11) is 1.56. The number of hydrogen-bond donors (Lipinski definition) is 1. The van der Waals surface area contributed by atoms with Crippen molar-refractivity contribution >= 4 is 28.9 Å². The number of carbonyl (C=O) groups is 2. The summed E-state index contributed by atoms with van der Waals surface area (Å²) in [6, 6.07) is 25.4. The van der Waals surface area contributed by atoms with Crippen LogP contribution < -0.4 is 19.6 Å². The standard InChI is InChI=1S/C29H26N2O5/c1-3-20-8-13-24(14-9-20)35-19-28(32)31-30-18-26-25-7-5-4-6-21(25)12-17-27(26)36-29(33)22-10-15-23(34-2)16-11-22/h4-18H,3,19H2,1-2H3,(H,31,32)/b30-18-. The minimum atomic E-state index is -0.519. The van der Waals surface area contributed by atoms with Gasteiger partial charge in [-0.3, -0.25) is 4.79 Å². The van der Waals surface area contributed by atoms with E-state index in [2.05, 4.69) is 17.5 Å². The lowest BCUT2D eigenvalue weighted by atomic mass is 10.0. The van der Waals surface area contributed by atoms with Crippen LogP contribution in [0.4, 0.5) is 0 Å². The summed E-state index contributed by atoms with van der Waals surface area (Å²) in [5.41, 5.74) is 4.59. The number of rotatable bonds is 9. The highest BCUT2D eigenvalue weighted by molar-refractivity contribution is 6.04. The van der Waals surface area contributed by atoms with Gasteiger partial charge in [-0.15, -0.1) is 0 Å². The summed E-state index contributed by atoms with van der Waals surface area (Å²) < 4.78 is 16.3. The van der Waals surface area contributed by atoms with E-state index in [0.29, 0.717) is 28.4 Å². The average molecular weight is 483 g/mol. The molecule has 4 rings (SSSR count). The second kappa shape index (κ2) is 11.7. The Hall–Kier alpha value is -4.65. The molecule has 0 saturated carbocycles. The van der Waals surface area contributed by atoms with Gasteiger partial charge in [-0.25, -0.2) is 10.2 Å². The highest BCUT2D eigenvalue weighted by Gasteiger charge is 2.14. The largest absolute Gasteiger partial charge is 0.497 e. The number of ether oxygens (including phenoxy) is 3. The third-order valence-corrected chi connectivity index (χ3v) is 5.54. The molecule has 0 aliphatic carbocycles. The zero-order chi connectivity index (χ0) is 25.3. The number of fused-ring (bicyclic) bond motifs is 1. The SMILES string of the molecule is CCc1ccc(OCC(=O)N/N=C\c2c(OC(=O)c3ccc(OC)cc3)ccc3ccccc23)cc1. The van der Waals surface area contributed by atoms with E-state index >= 15 is 0 Å². The van der Waals surface area contributed by atoms with Crippen LogP contribution in [0.3, 0.4) is 0 Å². The minimum absolute atomic E-state index is 0.183. The van der Waals surface area contributed by atoms with E-state index in [4.69, 9.17) is 14.2 Å². The van der Waals surface area contributed by atoms with E-state index in [1.807, 2.05) is 54.6 Å². The lowest BCUT2D eigenvalue weighted by molar-refractivity contribution is -0.123. The zero-order valence-electron chi connectivity index (χ0n) is 20.1. The third-order valence-electron chi connectivity index (χ3n) is 5.54. The van der Waals surface area contributed by atoms with Crippen molar-refractivity contribution in [1.29, 1.82) is 0 Å². The fourth-order valence-electron chi connectivity index (χ4n) is 3.56. The van der Waals surface area contributed by atoms with Gasteiger partial charge in [-0.1, -0.05) is 49.4 Å². The van der Waals surface area contributed by atoms with Gasteiger partial charge < -0.3 is 14.2 Å². The lowest BCUT2D eigenvalue weighted by Gasteiger charge is -2.11. The molecular weight excluding hydrogens is 456 g/mol. The van der Waals surface area contributed by atoms with Crippen LogP contribution in [0.2, 0.25) is 0 Å². The van der Waals surface area contributed by atoms with Crippen molar-refractivity contribution in [3.63, 3.8) is 0 Å². The van der Waals surface area contributed by atoms with E-state index < -0.39 is 11.9 Å². The number of hydrogen-bond acceptors (Lipinski definition) is 6. The van der Waals surface area contributed by atoms with Gasteiger partial charge in [0.15, 0.2) is 6.61 Å². The van der Waals surface area contributed by atoms with Crippen LogP contribution in [0.5, 0.6) is 17.2 Å². The predicted octanol–water partition coefficient (Wildman–Crippen LogP) is 5.16. The summed E-state index contributed by atoms with van der Waals surface area (Å²) >= 11 is 0. The maximum Gasteiger partial charge on any atom is 0.343 e. The second-order valence-electron chi connectivity index (χ2n) is 7.90. The van der Waals surface area contributed by atoms with Gasteiger partial charge >= 0.3 is 5.97 Å². The van der Waals surface area contributed by atoms with Crippen molar-refractivity contribution in [3.05, 3.63) is 102 Å². The molecule has 0 atom stereocenters. The van der Waals surface area contributed by atoms with Crippen molar-refractivity contribution in [2.24, 2.45) is 5.10 Å². The van der Waals surface area contributed by atoms with Crippen LogP contribution in [0.15, 0.2) is 90.0 Å². The Morgan fingerprint density at radius 3 is 2.33 bits per heavy atom. The van der Waals surface area contributed by atoms with Crippen LogP contribution >= 0.6 is 0 Å². The minimum Gasteiger partial charge on any atom is -0.497 e. The monoisotopic (exact) mass is 482 g/mol. The average Bonchev–Trinajstić information content (AvgIpc) is 2.93. The molecule has 0 fully saturated rings. The molecule has 7 heteroatoms. The summed E-state index contributed by atoms with van der Waals surface area (Å²) in [6.07, 6.45) is 2.40. The van der Waals surface area contributed by atoms with E-state index in [-0.39, 0.29) is 6.61 Å². The van der Waals surface area contributed by atoms with Gasteiger partial charge in [0.2, 0.25) is 0 Å². The van der Waals surface area contributed by atoms with Gasteiger partial charge in [0.25, 0.3) is 5.91 Å². The van der Waals surface area contributed by atoms with Crippen molar-refractivity contribution in [1.82, 2.24) is 5.43 Å². The molecule has 1 amide bonds. The Bertz CT molecular complexity index is 1380. The normalized spacial score (nSPS) is 10.8. The van der Waals surface area contributed by atoms with Crippen LogP contribution in [-0.4, -0.2) is 31.8 Å². The number of nitrogens with one attached hydrogen (secondary N) is 1. The molecule has 1 N–H and O–H groups in total. The van der Waals surface area contributed by atoms with Gasteiger partial charge in [-0.2, -0.15) is 5.10 Å². The summed E-state index contributed by atoms with van der Waals surface area (Å²) in [5.74, 6) is 0.632. The molecule has 0 aliphatic heterocycles. The number of aryl methyl sites for hydroxylation is 1. The quantitative estimate of drug-likeness (QED) is 0.154. The molecule has 0 saturated heterocycles. The van der Waals surface area contributed by atoms with Crippen LogP contribution in [0, 0.1) is 0 Å². The summed E-state index contributed by atoms with van der Waals surface area (Å²) in [6.45, 7) is 1.89. The van der Waals surface area contributed by atoms with Crippen LogP contribution in [0.1, 0.15) is 28.4 Å². The predicted molar refractivity (Wildman–Crippen MR) is 139 cm³/mol. The highest BCUT2D eigenvalue weighted by Crippen LogP contribution is 2.27. The Balaban J connectivity index is 1.47. The van der Waals surface area contributed by atoms with E-state index in [1.165, 1.54) is 11.8 Å². The van der Waals surface area contributed by atoms with Crippen LogP contribution in [-0.2, 0) is 11.2 Å². The van der Waals surface area contributed by atoms with Crippen molar-refractivity contribution in [3.8, 4) is 17.2 Å². The number of amides is 1. The van der Waals surface area contributed by atoms with Gasteiger partial charge in [0, 0.05) is 5.56 Å². The molecule has 4 aromatic carbocycles. The second-order valence-corrected chi connectivity index (χ2v) is 7.90. The molecule has 4 aromatic rings. The maximum absolute atomic E-state index is 12.8. The molecule has 0 aromatic heterocycles. The highest BCUT2D eigenvalue weighted by atomic mass is 16.5. The van der Waals surface area contributed by atoms with Gasteiger partial charge in [-0.05, 0) is 65.2 Å². The molecule has 7 nitrogen and oxygen atoms in total. The van der Waals surface area contributed by atoms with Crippen molar-refractivity contribution in [2.75, 3.05) is 13.7 Å². The number of benzene rings is 4. The lowest BCUT2D eigenvalue weighted by Crippen LogP contribution is -2.24. The smallest absolute Gasteiger partial charge is 0.343 e. The molecular formula is C29H26N2O5. The fraction of sp³-hybridized carbons (Fsp3) is 0.138. The molecule has 0 radical (unpaired) electrons. The first-order valence-corrected chi connectivity index (χ1v) is 11.5. The van der Waals surface area contributed by atoms with Crippen LogP contribution in [0.25, 0.3) is 10.8 Å². The Morgan fingerprint density at radius 2 is 1.61 bits per heavy atom. The van der Waals surface area contributed by atoms with E-state index in [1.54, 1.807) is 37.4 Å². The van der Waals surface area contributed by atoms with Gasteiger partial charge in [0.1, 0.15) is 17.2 Å². The first-order valence-electron chi connectivity index (χ1n) is 11.5. The molecule has 0 spiro atoms. The molecule has 0 bridgehead atoms. The van der Waals surface area contributed by atoms with Crippen molar-refractivity contribution in [2.45, 2.75) is 13.3 Å². The molecule has 182 valence electrons. The van der Waals surface area contributed by atoms with Crippen molar-refractivity contribution < 1.29 is 23.8 Å². The Labute approximate surface area is 209 Å². The third kappa shape index (κ3) is 6.07. The zero-order valence-corrected chi connectivity index (χ0v) is 20.1. The number of methoxy groups -OCH3 is 1. The maximum atomic E-state index is 12.8. The van der Waals surface area contributed by atoms with E-state index in [9.17, 15) is 9.59 Å². The molecule has 0 unspecified atom stereocenters. The van der Waals surface area contributed by atoms with Gasteiger partial charge in [0.05, 0.1) is 18.9 Å². The molecule has 0 heterocycles. The number of esters is 1. The first-order chi connectivity index (χ1) is 17.6. The summed E-state index contributed by atoms with van der Waals surface area (Å²) in [4.78, 5) is 25.0. The molecule has 36 heavy (non-hydrogen) atoms. The summed E-state index contributed by atoms with van der Waals surface area (Å²) in [5, 5.41) is 5.84. The Kier molecular flexibility index (Phi) is 7.93. The Morgan fingerprint density at radius 1 is 0.889 bits per heavy atom. The number of carbonyl (C=O) groups excluding carboxylic acids is 2. The first kappa shape index (κ1) is 24.5. The van der Waals surface area contributed by atoms with E-state index in [0.717, 1.165) is 17.2 Å². The fourth-order valence-corrected chi connectivity index (χ4v) is 3.56. The topological polar surface area (TPSA) is 86.2 Å². The number of hydrazone groups is 1.